The van der Waals surface area contributed by atoms with Gasteiger partial charge in [0.1, 0.15) is 11.0 Å². The molecule has 0 N–H and O–H groups in total. The third kappa shape index (κ3) is 2.41. The number of aromatic nitrogens is 2. The maximum absolute atomic E-state index is 13.4. The largest absolute Gasteiger partial charge is 0.435 e. The predicted molar refractivity (Wildman–Crippen MR) is 62.9 cm³/mol. The summed E-state index contributed by atoms with van der Waals surface area (Å²) in [5.74, 6) is -1.80. The van der Waals surface area contributed by atoms with Crippen LogP contribution in [0.5, 0.6) is 11.6 Å². The van der Waals surface area contributed by atoms with E-state index < -0.39 is 11.6 Å². The van der Waals surface area contributed by atoms with Gasteiger partial charge in [0, 0.05) is 5.56 Å². The lowest BCUT2D eigenvalue weighted by Crippen LogP contribution is -1.99. The zero-order valence-electron chi connectivity index (χ0n) is 9.67. The molecule has 1 aromatic heterocycles. The maximum Gasteiger partial charge on any atom is 0.227 e. The molecule has 6 heteroatoms. The summed E-state index contributed by atoms with van der Waals surface area (Å²) < 4.78 is 31.7. The van der Waals surface area contributed by atoms with Gasteiger partial charge >= 0.3 is 0 Å². The molecule has 0 fully saturated rings. The van der Waals surface area contributed by atoms with Crippen LogP contribution in [0.3, 0.4) is 0 Å². The molecular weight excluding hydrogens is 262 g/mol. The highest BCUT2D eigenvalue weighted by molar-refractivity contribution is 6.30. The molecule has 0 aliphatic rings. The van der Waals surface area contributed by atoms with Gasteiger partial charge in [0.15, 0.2) is 11.6 Å². The van der Waals surface area contributed by atoms with Crippen molar-refractivity contribution in [3.8, 4) is 11.6 Å². The highest BCUT2D eigenvalue weighted by Gasteiger charge is 2.14. The van der Waals surface area contributed by atoms with Gasteiger partial charge in [0.05, 0.1) is 0 Å². The first-order valence-corrected chi connectivity index (χ1v) is 5.49. The predicted octanol–water partition coefficient (Wildman–Crippen LogP) is 3.82. The summed E-state index contributed by atoms with van der Waals surface area (Å²) in [5.41, 5.74) is 0.464. The van der Waals surface area contributed by atoms with Crippen molar-refractivity contribution in [1.29, 1.82) is 0 Å². The van der Waals surface area contributed by atoms with Crippen LogP contribution < -0.4 is 4.74 Å². The van der Waals surface area contributed by atoms with E-state index >= 15 is 0 Å². The van der Waals surface area contributed by atoms with E-state index in [-0.39, 0.29) is 16.8 Å². The van der Waals surface area contributed by atoms with Crippen molar-refractivity contribution < 1.29 is 13.5 Å². The number of benzene rings is 1. The Morgan fingerprint density at radius 3 is 2.61 bits per heavy atom. The molecule has 0 saturated carbocycles. The molecule has 94 valence electrons. The third-order valence-electron chi connectivity index (χ3n) is 2.28. The Morgan fingerprint density at radius 1 is 1.17 bits per heavy atom. The highest BCUT2D eigenvalue weighted by Crippen LogP contribution is 2.29. The lowest BCUT2D eigenvalue weighted by molar-refractivity contribution is 0.401. The second kappa shape index (κ2) is 4.86. The van der Waals surface area contributed by atoms with Gasteiger partial charge in [-0.1, -0.05) is 17.7 Å². The Bertz CT molecular complexity index is 605. The van der Waals surface area contributed by atoms with E-state index in [2.05, 4.69) is 9.97 Å². The molecule has 0 unspecified atom stereocenters. The fraction of sp³-hybridized carbons (Fsp3) is 0.167. The van der Waals surface area contributed by atoms with Crippen molar-refractivity contribution >= 4 is 11.6 Å². The first-order valence-electron chi connectivity index (χ1n) is 5.11. The van der Waals surface area contributed by atoms with Gasteiger partial charge in [-0.05, 0) is 26.0 Å². The van der Waals surface area contributed by atoms with Gasteiger partial charge in [-0.25, -0.2) is 9.37 Å². The SMILES string of the molecule is Cc1nc(Cl)c(C)c(Oc2cccc(F)c2F)n1. The maximum atomic E-state index is 13.4. The van der Waals surface area contributed by atoms with Crippen LogP contribution in [-0.4, -0.2) is 9.97 Å². The number of rotatable bonds is 2. The normalized spacial score (nSPS) is 10.5. The molecule has 0 amide bonds. The molecule has 0 saturated heterocycles. The number of nitrogens with zero attached hydrogens (tertiary/aromatic N) is 2. The second-order valence-electron chi connectivity index (χ2n) is 3.65. The van der Waals surface area contributed by atoms with E-state index in [0.717, 1.165) is 6.07 Å². The molecule has 0 aliphatic carbocycles. The molecule has 0 spiro atoms. The van der Waals surface area contributed by atoms with Crippen LogP contribution >= 0.6 is 11.6 Å². The lowest BCUT2D eigenvalue weighted by atomic mass is 10.3. The smallest absolute Gasteiger partial charge is 0.227 e. The van der Waals surface area contributed by atoms with Crippen LogP contribution in [0.1, 0.15) is 11.4 Å². The standard InChI is InChI=1S/C12H9ClF2N2O/c1-6-11(13)16-7(2)17-12(6)18-9-5-3-4-8(14)10(9)15/h3-5H,1-2H3. The second-order valence-corrected chi connectivity index (χ2v) is 4.00. The summed E-state index contributed by atoms with van der Waals surface area (Å²) in [4.78, 5) is 7.91. The number of ether oxygens (including phenoxy) is 1. The molecule has 3 nitrogen and oxygen atoms in total. The molecule has 0 bridgehead atoms. The summed E-state index contributed by atoms with van der Waals surface area (Å²) >= 11 is 5.86. The van der Waals surface area contributed by atoms with E-state index in [1.165, 1.54) is 12.1 Å². The van der Waals surface area contributed by atoms with Gasteiger partial charge in [-0.3, -0.25) is 0 Å². The van der Waals surface area contributed by atoms with Crippen molar-refractivity contribution in [3.63, 3.8) is 0 Å². The minimum Gasteiger partial charge on any atom is -0.435 e. The van der Waals surface area contributed by atoms with Gasteiger partial charge < -0.3 is 4.74 Å². The molecule has 0 atom stereocenters. The van der Waals surface area contributed by atoms with Crippen molar-refractivity contribution in [2.24, 2.45) is 0 Å². The van der Waals surface area contributed by atoms with E-state index in [0.29, 0.717) is 11.4 Å². The summed E-state index contributed by atoms with van der Waals surface area (Å²) in [6.07, 6.45) is 0. The minimum absolute atomic E-state index is 0.108. The molecule has 18 heavy (non-hydrogen) atoms. The third-order valence-corrected chi connectivity index (χ3v) is 2.64. The monoisotopic (exact) mass is 270 g/mol. The molecule has 1 aromatic carbocycles. The molecular formula is C12H9ClF2N2O. The van der Waals surface area contributed by atoms with Crippen LogP contribution in [0.2, 0.25) is 5.15 Å². The first-order chi connectivity index (χ1) is 8.49. The van der Waals surface area contributed by atoms with Crippen molar-refractivity contribution in [1.82, 2.24) is 9.97 Å². The van der Waals surface area contributed by atoms with E-state index in [9.17, 15) is 8.78 Å². The van der Waals surface area contributed by atoms with Crippen molar-refractivity contribution in [2.75, 3.05) is 0 Å². The Hall–Kier alpha value is -1.75. The van der Waals surface area contributed by atoms with Crippen LogP contribution in [0.25, 0.3) is 0 Å². The fourth-order valence-electron chi connectivity index (χ4n) is 1.34. The van der Waals surface area contributed by atoms with Crippen LogP contribution in [0, 0.1) is 25.5 Å². The summed E-state index contributed by atoms with van der Waals surface area (Å²) in [6.45, 7) is 3.26. The molecule has 1 heterocycles. The average molecular weight is 271 g/mol. The van der Waals surface area contributed by atoms with Gasteiger partial charge in [-0.15, -0.1) is 0 Å². The fourth-order valence-corrected chi connectivity index (χ4v) is 1.54. The molecule has 0 radical (unpaired) electrons. The molecule has 2 rings (SSSR count). The van der Waals surface area contributed by atoms with E-state index in [1.807, 2.05) is 0 Å². The lowest BCUT2D eigenvalue weighted by Gasteiger charge is -2.09. The van der Waals surface area contributed by atoms with Crippen molar-refractivity contribution in [3.05, 3.63) is 46.4 Å². The number of hydrogen-bond donors (Lipinski definition) is 0. The van der Waals surface area contributed by atoms with Gasteiger partial charge in [-0.2, -0.15) is 9.37 Å². The molecule has 0 aliphatic heterocycles. The first kappa shape index (κ1) is 12.7. The van der Waals surface area contributed by atoms with E-state index in [1.54, 1.807) is 13.8 Å². The zero-order valence-corrected chi connectivity index (χ0v) is 10.4. The van der Waals surface area contributed by atoms with Crippen LogP contribution in [-0.2, 0) is 0 Å². The van der Waals surface area contributed by atoms with Crippen LogP contribution in [0.15, 0.2) is 18.2 Å². The number of halogens is 3. The highest BCUT2D eigenvalue weighted by atomic mass is 35.5. The average Bonchev–Trinajstić information content (AvgIpc) is 2.31. The van der Waals surface area contributed by atoms with E-state index in [4.69, 9.17) is 16.3 Å². The van der Waals surface area contributed by atoms with Gasteiger partial charge in [0.2, 0.25) is 11.7 Å². The Labute approximate surface area is 107 Å². The topological polar surface area (TPSA) is 35.0 Å². The molecule has 2 aromatic rings. The van der Waals surface area contributed by atoms with Crippen molar-refractivity contribution in [2.45, 2.75) is 13.8 Å². The Morgan fingerprint density at radius 2 is 1.89 bits per heavy atom. The summed E-state index contributed by atoms with van der Waals surface area (Å²) in [6, 6.07) is 3.66. The minimum atomic E-state index is -1.07. The Balaban J connectivity index is 2.43. The summed E-state index contributed by atoms with van der Waals surface area (Å²) in [7, 11) is 0. The zero-order chi connectivity index (χ0) is 13.3. The number of hydrogen-bond acceptors (Lipinski definition) is 3. The van der Waals surface area contributed by atoms with Crippen LogP contribution in [0.4, 0.5) is 8.78 Å². The van der Waals surface area contributed by atoms with Gasteiger partial charge in [0.25, 0.3) is 0 Å². The number of aryl methyl sites for hydroxylation is 1. The summed E-state index contributed by atoms with van der Waals surface area (Å²) in [5, 5.41) is 0.217. The quantitative estimate of drug-likeness (QED) is 0.778. The Kier molecular flexibility index (Phi) is 3.43.